The third-order valence-corrected chi connectivity index (χ3v) is 5.96. The van der Waals surface area contributed by atoms with Crippen LogP contribution in [0.1, 0.15) is 41.5 Å². The molecule has 0 aliphatic carbocycles. The van der Waals surface area contributed by atoms with Crippen LogP contribution in [0.2, 0.25) is 0 Å². The maximum Gasteiger partial charge on any atom is 0.305 e. The largest absolute Gasteiger partial charge is 0.463 e. The summed E-state index contributed by atoms with van der Waals surface area (Å²) in [6, 6.07) is -1.53. The highest BCUT2D eigenvalue weighted by atomic mass is 16.7. The van der Waals surface area contributed by atoms with Gasteiger partial charge in [0.25, 0.3) is 0 Å². The molecule has 2 heterocycles. The average molecular weight is 523 g/mol. The Labute approximate surface area is 209 Å². The zero-order valence-electron chi connectivity index (χ0n) is 21.2. The number of hydrogen-bond acceptors (Lipinski definition) is 12. The van der Waals surface area contributed by atoms with Crippen LogP contribution in [0.25, 0.3) is 0 Å². The van der Waals surface area contributed by atoms with Gasteiger partial charge in [0.15, 0.2) is 6.29 Å². The zero-order chi connectivity index (χ0) is 27.7. The molecule has 0 saturated carbocycles. The number of rotatable bonds is 6. The Morgan fingerprint density at radius 2 is 1.33 bits per heavy atom. The Morgan fingerprint density at radius 3 is 1.81 bits per heavy atom. The van der Waals surface area contributed by atoms with Crippen LogP contribution in [0.4, 0.5) is 0 Å². The van der Waals surface area contributed by atoms with E-state index in [0.29, 0.717) is 0 Å². The molecule has 6 unspecified atom stereocenters. The van der Waals surface area contributed by atoms with Gasteiger partial charge in [0.1, 0.15) is 31.0 Å². The predicted octanol–water partition coefficient (Wildman–Crippen LogP) is -2.46. The number of esters is 2. The molecule has 2 aliphatic heterocycles. The van der Waals surface area contributed by atoms with Gasteiger partial charge in [-0.1, -0.05) is 13.8 Å². The highest BCUT2D eigenvalue weighted by molar-refractivity contribution is 5.73. The molecule has 208 valence electrons. The number of carbonyl (C=O) groups is 4. The second kappa shape index (κ2) is 14.4. The van der Waals surface area contributed by atoms with Crippen LogP contribution in [0.3, 0.4) is 0 Å². The molecular formula is C22H38N2O12. The first-order valence-corrected chi connectivity index (χ1v) is 11.5. The number of hydrogen-bond donors (Lipinski definition) is 6. The van der Waals surface area contributed by atoms with Gasteiger partial charge in [-0.25, -0.2) is 0 Å². The van der Waals surface area contributed by atoms with Crippen LogP contribution in [0.15, 0.2) is 0 Å². The summed E-state index contributed by atoms with van der Waals surface area (Å²) in [5.41, 5.74) is 0. The molecule has 0 aromatic carbocycles. The molecule has 6 N–H and O–H groups in total. The summed E-state index contributed by atoms with van der Waals surface area (Å²) in [5.74, 6) is -1.56. The first kappa shape index (κ1) is 31.7. The standard InChI is InChI=1S/C14H23NO6.C8H15NO6/c1-7-8(2)13(15-9(3)16)14(20-11(5)18)21-12(7)6-19-10(4)17;1-3(11)9-5-7(13)6(12)4(2-10)15-8(5)14/h7-8,12-14H,6H2,1-5H3,(H,15,16);4-8,10,12-14H,2H2,1H3,(H,9,11)/t7-,8-,12?,13?,14?;4?,5?,6-,7-,8?/m01/s1. The number of aliphatic hydroxyl groups is 4. The molecule has 10 atom stereocenters. The highest BCUT2D eigenvalue weighted by Gasteiger charge is 2.45. The van der Waals surface area contributed by atoms with E-state index in [-0.39, 0.29) is 24.3 Å². The van der Waals surface area contributed by atoms with Gasteiger partial charge in [-0.05, 0) is 11.8 Å². The molecule has 2 rings (SSSR count). The van der Waals surface area contributed by atoms with Crippen LogP contribution >= 0.6 is 0 Å². The minimum absolute atomic E-state index is 0.00689. The van der Waals surface area contributed by atoms with Crippen molar-refractivity contribution in [1.29, 1.82) is 0 Å². The summed E-state index contributed by atoms with van der Waals surface area (Å²) >= 11 is 0. The van der Waals surface area contributed by atoms with Crippen molar-refractivity contribution in [1.82, 2.24) is 10.6 Å². The lowest BCUT2D eigenvalue weighted by Crippen LogP contribution is -2.63. The molecule has 0 aromatic rings. The van der Waals surface area contributed by atoms with Crippen molar-refractivity contribution in [2.24, 2.45) is 11.8 Å². The van der Waals surface area contributed by atoms with Gasteiger partial charge in [0.05, 0.1) is 18.8 Å². The van der Waals surface area contributed by atoms with Crippen LogP contribution in [-0.4, -0.2) is 106 Å². The van der Waals surface area contributed by atoms with Gasteiger partial charge in [0, 0.05) is 27.7 Å². The van der Waals surface area contributed by atoms with Crippen molar-refractivity contribution in [2.45, 2.75) is 90.6 Å². The molecular weight excluding hydrogens is 484 g/mol. The molecule has 0 aromatic heterocycles. The molecule has 0 bridgehead atoms. The van der Waals surface area contributed by atoms with Gasteiger partial charge in [0.2, 0.25) is 18.1 Å². The average Bonchev–Trinajstić information content (AvgIpc) is 2.77. The molecule has 14 heteroatoms. The minimum Gasteiger partial charge on any atom is -0.463 e. The van der Waals surface area contributed by atoms with E-state index in [1.165, 1.54) is 27.7 Å². The summed E-state index contributed by atoms with van der Waals surface area (Å²) in [5, 5.41) is 42.1. The fourth-order valence-corrected chi connectivity index (χ4v) is 3.87. The zero-order valence-corrected chi connectivity index (χ0v) is 21.2. The van der Waals surface area contributed by atoms with E-state index >= 15 is 0 Å². The van der Waals surface area contributed by atoms with Crippen LogP contribution in [0, 0.1) is 11.8 Å². The van der Waals surface area contributed by atoms with Gasteiger partial charge in [-0.3, -0.25) is 19.2 Å². The topological polar surface area (TPSA) is 210 Å². The van der Waals surface area contributed by atoms with E-state index in [0.717, 1.165) is 0 Å². The number of carbonyl (C=O) groups excluding carboxylic acids is 4. The second-order valence-corrected chi connectivity index (χ2v) is 8.85. The Balaban J connectivity index is 0.000000381. The fraction of sp³-hybridized carbons (Fsp3) is 0.818. The maximum atomic E-state index is 11.3. The van der Waals surface area contributed by atoms with Crippen molar-refractivity contribution in [3.63, 3.8) is 0 Å². The van der Waals surface area contributed by atoms with Crippen LogP contribution in [-0.2, 0) is 38.1 Å². The summed E-state index contributed by atoms with van der Waals surface area (Å²) in [7, 11) is 0. The summed E-state index contributed by atoms with van der Waals surface area (Å²) < 4.78 is 20.6. The molecule has 14 nitrogen and oxygen atoms in total. The van der Waals surface area contributed by atoms with Crippen molar-refractivity contribution in [3.05, 3.63) is 0 Å². The summed E-state index contributed by atoms with van der Waals surface area (Å²) in [4.78, 5) is 44.2. The highest BCUT2D eigenvalue weighted by Crippen LogP contribution is 2.31. The van der Waals surface area contributed by atoms with E-state index in [1.54, 1.807) is 0 Å². The van der Waals surface area contributed by atoms with Gasteiger partial charge < -0.3 is 50.0 Å². The van der Waals surface area contributed by atoms with Gasteiger partial charge in [-0.15, -0.1) is 0 Å². The Bertz CT molecular complexity index is 763. The molecule has 36 heavy (non-hydrogen) atoms. The molecule has 2 saturated heterocycles. The number of ether oxygens (including phenoxy) is 4. The van der Waals surface area contributed by atoms with Gasteiger partial charge in [-0.2, -0.15) is 0 Å². The molecule has 0 radical (unpaired) electrons. The summed E-state index contributed by atoms with van der Waals surface area (Å²) in [6.45, 7) is 8.64. The van der Waals surface area contributed by atoms with Crippen LogP contribution in [0.5, 0.6) is 0 Å². The fourth-order valence-electron chi connectivity index (χ4n) is 3.87. The normalized spacial score (nSPS) is 35.9. The van der Waals surface area contributed by atoms with E-state index in [9.17, 15) is 34.5 Å². The Hall–Kier alpha value is -2.36. The van der Waals surface area contributed by atoms with E-state index in [1.807, 2.05) is 13.8 Å². The smallest absolute Gasteiger partial charge is 0.305 e. The van der Waals surface area contributed by atoms with E-state index in [2.05, 4.69) is 10.6 Å². The van der Waals surface area contributed by atoms with Gasteiger partial charge >= 0.3 is 11.9 Å². The number of aliphatic hydroxyl groups excluding tert-OH is 4. The summed E-state index contributed by atoms with van der Waals surface area (Å²) in [6.07, 6.45) is -6.52. The Morgan fingerprint density at radius 1 is 0.778 bits per heavy atom. The second-order valence-electron chi connectivity index (χ2n) is 8.85. The number of amides is 2. The first-order chi connectivity index (χ1) is 16.7. The van der Waals surface area contributed by atoms with Crippen molar-refractivity contribution < 1.29 is 58.6 Å². The SMILES string of the molecule is CC(=O)NC1C(O)OC(CO)[C@@H](O)[C@@H]1O.CC(=O)NC1C(OC(C)=O)OC(COC(C)=O)[C@@H](C)[C@@H]1C. The van der Waals surface area contributed by atoms with Crippen molar-refractivity contribution >= 4 is 23.8 Å². The molecule has 2 amide bonds. The molecule has 0 spiro atoms. The van der Waals surface area contributed by atoms with Crippen LogP contribution < -0.4 is 10.6 Å². The third-order valence-electron chi connectivity index (χ3n) is 5.96. The molecule has 2 aliphatic rings. The van der Waals surface area contributed by atoms with Crippen molar-refractivity contribution in [2.75, 3.05) is 13.2 Å². The Kier molecular flexibility index (Phi) is 12.7. The lowest BCUT2D eigenvalue weighted by molar-refractivity contribution is -0.253. The number of nitrogens with one attached hydrogen (secondary N) is 2. The monoisotopic (exact) mass is 522 g/mol. The minimum atomic E-state index is -1.45. The van der Waals surface area contributed by atoms with E-state index < -0.39 is 73.5 Å². The van der Waals surface area contributed by atoms with E-state index in [4.69, 9.17) is 24.1 Å². The van der Waals surface area contributed by atoms with Crippen molar-refractivity contribution in [3.8, 4) is 0 Å². The maximum absolute atomic E-state index is 11.3. The lowest BCUT2D eigenvalue weighted by Gasteiger charge is -2.43. The molecule has 2 fully saturated rings. The third kappa shape index (κ3) is 9.26. The predicted molar refractivity (Wildman–Crippen MR) is 121 cm³/mol. The first-order valence-electron chi connectivity index (χ1n) is 11.5. The quantitative estimate of drug-likeness (QED) is 0.201. The lowest BCUT2D eigenvalue weighted by atomic mass is 9.82.